The van der Waals surface area contributed by atoms with Gasteiger partial charge in [-0.1, -0.05) is 12.1 Å². The third-order valence-corrected chi connectivity index (χ3v) is 2.42. The third kappa shape index (κ3) is 2.40. The van der Waals surface area contributed by atoms with Gasteiger partial charge < -0.3 is 16.2 Å². The molecule has 0 atom stereocenters. The topological polar surface area (TPSA) is 73.6 Å². The second-order valence-corrected chi connectivity index (χ2v) is 3.64. The number of nitrogens with two attached hydrogens (primary N) is 2. The van der Waals surface area contributed by atoms with Crippen molar-refractivity contribution in [3.05, 3.63) is 29.3 Å². The van der Waals surface area contributed by atoms with E-state index in [1.807, 2.05) is 12.1 Å². The van der Waals surface area contributed by atoms with E-state index in [1.54, 1.807) is 0 Å². The zero-order chi connectivity index (χ0) is 10.7. The van der Waals surface area contributed by atoms with Gasteiger partial charge in [0, 0.05) is 0 Å². The summed E-state index contributed by atoms with van der Waals surface area (Å²) in [6.07, 6.45) is 2.16. The fourth-order valence-electron chi connectivity index (χ4n) is 1.69. The van der Waals surface area contributed by atoms with Gasteiger partial charge in [-0.2, -0.15) is 0 Å². The molecule has 0 saturated heterocycles. The lowest BCUT2D eigenvalue weighted by Crippen LogP contribution is -2.22. The molecule has 0 radical (unpaired) electrons. The SMILES string of the molecule is NC(N)=NCc1ccc2c(c1)CCCO2. The summed E-state index contributed by atoms with van der Waals surface area (Å²) in [4.78, 5) is 3.98. The predicted octanol–water partition coefficient (Wildman–Crippen LogP) is 0.785. The highest BCUT2D eigenvalue weighted by Crippen LogP contribution is 2.25. The zero-order valence-corrected chi connectivity index (χ0v) is 8.57. The van der Waals surface area contributed by atoms with Gasteiger partial charge in [0.25, 0.3) is 0 Å². The average molecular weight is 205 g/mol. The summed E-state index contributed by atoms with van der Waals surface area (Å²) < 4.78 is 5.52. The van der Waals surface area contributed by atoms with Crippen LogP contribution in [0, 0.1) is 0 Å². The standard InChI is InChI=1S/C11H15N3O/c12-11(13)14-7-8-3-4-10-9(6-8)2-1-5-15-10/h3-4,6H,1-2,5,7H2,(H4,12,13,14). The summed E-state index contributed by atoms with van der Waals surface area (Å²) in [5, 5.41) is 0. The lowest BCUT2D eigenvalue weighted by Gasteiger charge is -2.17. The monoisotopic (exact) mass is 205 g/mol. The van der Waals surface area contributed by atoms with Gasteiger partial charge in [-0.3, -0.25) is 0 Å². The Balaban J connectivity index is 2.17. The van der Waals surface area contributed by atoms with Crippen LogP contribution in [0.15, 0.2) is 23.2 Å². The molecule has 0 spiro atoms. The smallest absolute Gasteiger partial charge is 0.186 e. The number of hydrogen-bond acceptors (Lipinski definition) is 2. The first-order valence-corrected chi connectivity index (χ1v) is 5.06. The summed E-state index contributed by atoms with van der Waals surface area (Å²) in [7, 11) is 0. The van der Waals surface area contributed by atoms with Crippen molar-refractivity contribution in [1.82, 2.24) is 0 Å². The number of rotatable bonds is 2. The maximum Gasteiger partial charge on any atom is 0.186 e. The largest absolute Gasteiger partial charge is 0.493 e. The molecule has 0 aromatic heterocycles. The average Bonchev–Trinajstić information content (AvgIpc) is 2.26. The van der Waals surface area contributed by atoms with Crippen LogP contribution < -0.4 is 16.2 Å². The van der Waals surface area contributed by atoms with Gasteiger partial charge in [-0.05, 0) is 30.0 Å². The number of fused-ring (bicyclic) bond motifs is 1. The van der Waals surface area contributed by atoms with Crippen LogP contribution in [-0.2, 0) is 13.0 Å². The molecule has 0 fully saturated rings. The minimum Gasteiger partial charge on any atom is -0.493 e. The summed E-state index contributed by atoms with van der Waals surface area (Å²) in [5.41, 5.74) is 12.9. The van der Waals surface area contributed by atoms with Gasteiger partial charge >= 0.3 is 0 Å². The van der Waals surface area contributed by atoms with Crippen molar-refractivity contribution < 1.29 is 4.74 Å². The van der Waals surface area contributed by atoms with Crippen LogP contribution in [0.3, 0.4) is 0 Å². The first-order chi connectivity index (χ1) is 7.25. The Kier molecular flexibility index (Phi) is 2.76. The third-order valence-electron chi connectivity index (χ3n) is 2.42. The van der Waals surface area contributed by atoms with Gasteiger partial charge in [-0.25, -0.2) is 4.99 Å². The molecule has 15 heavy (non-hydrogen) atoms. The molecule has 4 N–H and O–H groups in total. The van der Waals surface area contributed by atoms with Crippen molar-refractivity contribution >= 4 is 5.96 Å². The molecule has 4 heteroatoms. The Bertz CT molecular complexity index is 383. The van der Waals surface area contributed by atoms with E-state index in [0.29, 0.717) is 6.54 Å². The van der Waals surface area contributed by atoms with Crippen LogP contribution in [-0.4, -0.2) is 12.6 Å². The molecule has 0 unspecified atom stereocenters. The van der Waals surface area contributed by atoms with Crippen LogP contribution in [0.1, 0.15) is 17.5 Å². The molecule has 1 aromatic rings. The van der Waals surface area contributed by atoms with Crippen LogP contribution in [0.2, 0.25) is 0 Å². The molecular formula is C11H15N3O. The maximum absolute atomic E-state index is 5.52. The molecule has 2 rings (SSSR count). The van der Waals surface area contributed by atoms with Gasteiger partial charge in [0.2, 0.25) is 0 Å². The van der Waals surface area contributed by atoms with Crippen LogP contribution in [0.5, 0.6) is 5.75 Å². The van der Waals surface area contributed by atoms with E-state index in [2.05, 4.69) is 11.1 Å². The number of guanidine groups is 1. The highest BCUT2D eigenvalue weighted by Gasteiger charge is 2.09. The van der Waals surface area contributed by atoms with Gasteiger partial charge in [0.05, 0.1) is 13.2 Å². The van der Waals surface area contributed by atoms with E-state index in [1.165, 1.54) is 5.56 Å². The fourth-order valence-corrected chi connectivity index (χ4v) is 1.69. The normalized spacial score (nSPS) is 13.9. The van der Waals surface area contributed by atoms with E-state index in [4.69, 9.17) is 16.2 Å². The first-order valence-electron chi connectivity index (χ1n) is 5.06. The van der Waals surface area contributed by atoms with E-state index >= 15 is 0 Å². The molecule has 1 aliphatic heterocycles. The second kappa shape index (κ2) is 4.21. The number of nitrogens with zero attached hydrogens (tertiary/aromatic N) is 1. The summed E-state index contributed by atoms with van der Waals surface area (Å²) in [5.74, 6) is 1.12. The van der Waals surface area contributed by atoms with Crippen LogP contribution >= 0.6 is 0 Å². The Morgan fingerprint density at radius 1 is 1.40 bits per heavy atom. The molecule has 1 aromatic carbocycles. The minimum absolute atomic E-state index is 0.129. The van der Waals surface area contributed by atoms with E-state index in [9.17, 15) is 0 Å². The van der Waals surface area contributed by atoms with Gasteiger partial charge in [-0.15, -0.1) is 0 Å². The highest BCUT2D eigenvalue weighted by molar-refractivity contribution is 5.75. The second-order valence-electron chi connectivity index (χ2n) is 3.64. The number of aliphatic imine (C=N–C) groups is 1. The van der Waals surface area contributed by atoms with Crippen molar-refractivity contribution in [2.75, 3.05) is 6.61 Å². The fraction of sp³-hybridized carbons (Fsp3) is 0.364. The predicted molar refractivity (Wildman–Crippen MR) is 59.8 cm³/mol. The van der Waals surface area contributed by atoms with Crippen molar-refractivity contribution in [3.63, 3.8) is 0 Å². The number of ether oxygens (including phenoxy) is 1. The summed E-state index contributed by atoms with van der Waals surface area (Å²) >= 11 is 0. The number of hydrogen-bond donors (Lipinski definition) is 2. The minimum atomic E-state index is 0.129. The van der Waals surface area contributed by atoms with Crippen molar-refractivity contribution in [2.45, 2.75) is 19.4 Å². The molecular weight excluding hydrogens is 190 g/mol. The van der Waals surface area contributed by atoms with Crippen molar-refractivity contribution in [1.29, 1.82) is 0 Å². The Labute approximate surface area is 88.9 Å². The molecule has 1 aliphatic rings. The van der Waals surface area contributed by atoms with Crippen molar-refractivity contribution in [2.24, 2.45) is 16.5 Å². The quantitative estimate of drug-likeness (QED) is 0.553. The molecule has 0 amide bonds. The number of aryl methyl sites for hydroxylation is 1. The first kappa shape index (κ1) is 9.83. The molecule has 80 valence electrons. The lowest BCUT2D eigenvalue weighted by molar-refractivity contribution is 0.288. The molecule has 0 bridgehead atoms. The summed E-state index contributed by atoms with van der Waals surface area (Å²) in [6, 6.07) is 6.10. The lowest BCUT2D eigenvalue weighted by atomic mass is 10.0. The van der Waals surface area contributed by atoms with E-state index in [0.717, 1.165) is 30.8 Å². The Morgan fingerprint density at radius 2 is 2.27 bits per heavy atom. The maximum atomic E-state index is 5.52. The molecule has 1 heterocycles. The number of benzene rings is 1. The van der Waals surface area contributed by atoms with Crippen molar-refractivity contribution in [3.8, 4) is 5.75 Å². The zero-order valence-electron chi connectivity index (χ0n) is 8.57. The van der Waals surface area contributed by atoms with E-state index < -0.39 is 0 Å². The molecule has 0 saturated carbocycles. The summed E-state index contributed by atoms with van der Waals surface area (Å²) in [6.45, 7) is 1.36. The van der Waals surface area contributed by atoms with Crippen LogP contribution in [0.25, 0.3) is 0 Å². The van der Waals surface area contributed by atoms with E-state index in [-0.39, 0.29) is 5.96 Å². The van der Waals surface area contributed by atoms with Gasteiger partial charge in [0.15, 0.2) is 5.96 Å². The molecule has 4 nitrogen and oxygen atoms in total. The Morgan fingerprint density at radius 3 is 3.07 bits per heavy atom. The van der Waals surface area contributed by atoms with Gasteiger partial charge in [0.1, 0.15) is 5.75 Å². The van der Waals surface area contributed by atoms with Crippen LogP contribution in [0.4, 0.5) is 0 Å². The highest BCUT2D eigenvalue weighted by atomic mass is 16.5. The molecule has 0 aliphatic carbocycles. The Hall–Kier alpha value is -1.71.